The van der Waals surface area contributed by atoms with Crippen molar-refractivity contribution in [2.45, 2.75) is 32.0 Å². The van der Waals surface area contributed by atoms with E-state index in [1.165, 1.54) is 4.90 Å². The van der Waals surface area contributed by atoms with Gasteiger partial charge in [0.25, 0.3) is 0 Å². The third kappa shape index (κ3) is 8.50. The van der Waals surface area contributed by atoms with Gasteiger partial charge in [0.15, 0.2) is 0 Å². The molecule has 0 rings (SSSR count). The van der Waals surface area contributed by atoms with E-state index < -0.39 is 18.6 Å². The smallest absolute Gasteiger partial charge is 0.303 e. The quantitative estimate of drug-likeness (QED) is 0.733. The van der Waals surface area contributed by atoms with Gasteiger partial charge in [-0.3, -0.25) is 0 Å². The van der Waals surface area contributed by atoms with Crippen molar-refractivity contribution in [1.29, 1.82) is 5.26 Å². The van der Waals surface area contributed by atoms with Crippen molar-refractivity contribution in [3.05, 3.63) is 0 Å². The van der Waals surface area contributed by atoms with Crippen LogP contribution in [-0.2, 0) is 0 Å². The summed E-state index contributed by atoms with van der Waals surface area (Å²) in [5, 5.41) is 11.7. The summed E-state index contributed by atoms with van der Waals surface area (Å²) in [6, 6.07) is 1.63. The maximum Gasteiger partial charge on any atom is 0.390 e. The topological polar surface area (TPSA) is 39.1 Å². The van der Waals surface area contributed by atoms with Crippen LogP contribution in [0.1, 0.15) is 19.8 Å². The molecule has 0 aromatic heterocycles. The zero-order valence-electron chi connectivity index (χ0n) is 9.64. The van der Waals surface area contributed by atoms with Crippen LogP contribution in [0.15, 0.2) is 0 Å². The van der Waals surface area contributed by atoms with E-state index in [1.54, 1.807) is 7.05 Å². The number of hydrogen-bond acceptors (Lipinski definition) is 3. The van der Waals surface area contributed by atoms with Gasteiger partial charge in [0.1, 0.15) is 6.04 Å². The molecular formula is C10H18F3N3. The molecule has 0 saturated heterocycles. The van der Waals surface area contributed by atoms with E-state index in [1.807, 2.05) is 13.0 Å². The molecule has 94 valence electrons. The SMILES string of the molecule is CCCNC(C#N)CN(C)CCC(F)(F)F. The van der Waals surface area contributed by atoms with Crippen molar-refractivity contribution in [1.82, 2.24) is 10.2 Å². The Hall–Kier alpha value is -0.800. The van der Waals surface area contributed by atoms with Gasteiger partial charge in [-0.1, -0.05) is 6.92 Å². The fourth-order valence-corrected chi connectivity index (χ4v) is 1.19. The fourth-order valence-electron chi connectivity index (χ4n) is 1.19. The molecule has 0 heterocycles. The maximum absolute atomic E-state index is 11.9. The lowest BCUT2D eigenvalue weighted by atomic mass is 10.2. The second-order valence-corrected chi connectivity index (χ2v) is 3.76. The van der Waals surface area contributed by atoms with Crippen LogP contribution in [0.3, 0.4) is 0 Å². The van der Waals surface area contributed by atoms with Crippen LogP contribution in [-0.4, -0.2) is 43.8 Å². The number of nitrogens with one attached hydrogen (secondary N) is 1. The Morgan fingerprint density at radius 1 is 1.44 bits per heavy atom. The number of alkyl halides is 3. The predicted molar refractivity (Wildman–Crippen MR) is 55.9 cm³/mol. The molecule has 0 bridgehead atoms. The van der Waals surface area contributed by atoms with Gasteiger partial charge in [-0.15, -0.1) is 0 Å². The molecule has 1 atom stereocenters. The van der Waals surface area contributed by atoms with Crippen LogP contribution in [0.4, 0.5) is 13.2 Å². The molecule has 0 aliphatic rings. The van der Waals surface area contributed by atoms with Crippen molar-refractivity contribution in [3.63, 3.8) is 0 Å². The molecule has 0 spiro atoms. The Bertz CT molecular complexity index is 222. The lowest BCUT2D eigenvalue weighted by Crippen LogP contribution is -2.39. The van der Waals surface area contributed by atoms with Gasteiger partial charge in [0, 0.05) is 13.1 Å². The highest BCUT2D eigenvalue weighted by Crippen LogP contribution is 2.19. The van der Waals surface area contributed by atoms with Gasteiger partial charge < -0.3 is 10.2 Å². The van der Waals surface area contributed by atoms with Crippen LogP contribution in [0.5, 0.6) is 0 Å². The van der Waals surface area contributed by atoms with E-state index in [4.69, 9.17) is 5.26 Å². The van der Waals surface area contributed by atoms with E-state index in [2.05, 4.69) is 5.32 Å². The average Bonchev–Trinajstić information content (AvgIpc) is 2.20. The van der Waals surface area contributed by atoms with Crippen LogP contribution in [0.25, 0.3) is 0 Å². The molecule has 0 saturated carbocycles. The second kappa shape index (κ2) is 7.47. The Labute approximate surface area is 94.2 Å². The van der Waals surface area contributed by atoms with Crippen LogP contribution in [0.2, 0.25) is 0 Å². The largest absolute Gasteiger partial charge is 0.390 e. The van der Waals surface area contributed by atoms with E-state index in [0.717, 1.165) is 6.42 Å². The Morgan fingerprint density at radius 2 is 2.06 bits per heavy atom. The van der Waals surface area contributed by atoms with Crippen molar-refractivity contribution in [2.24, 2.45) is 0 Å². The van der Waals surface area contributed by atoms with Gasteiger partial charge >= 0.3 is 6.18 Å². The van der Waals surface area contributed by atoms with Gasteiger partial charge in [-0.05, 0) is 20.0 Å². The summed E-state index contributed by atoms with van der Waals surface area (Å²) in [6.45, 7) is 2.90. The molecule has 0 aromatic carbocycles. The average molecular weight is 237 g/mol. The lowest BCUT2D eigenvalue weighted by molar-refractivity contribution is -0.137. The molecule has 0 aliphatic heterocycles. The third-order valence-corrected chi connectivity index (χ3v) is 2.07. The number of likely N-dealkylation sites (N-methyl/N-ethyl adjacent to an activating group) is 1. The first-order valence-corrected chi connectivity index (χ1v) is 5.27. The van der Waals surface area contributed by atoms with Crippen LogP contribution < -0.4 is 5.32 Å². The predicted octanol–water partition coefficient (Wildman–Crippen LogP) is 1.76. The van der Waals surface area contributed by atoms with Crippen molar-refractivity contribution < 1.29 is 13.2 Å². The summed E-state index contributed by atoms with van der Waals surface area (Å²) in [7, 11) is 1.59. The Morgan fingerprint density at radius 3 is 2.50 bits per heavy atom. The summed E-state index contributed by atoms with van der Waals surface area (Å²) in [5.41, 5.74) is 0. The van der Waals surface area contributed by atoms with E-state index in [0.29, 0.717) is 13.1 Å². The minimum atomic E-state index is -4.13. The van der Waals surface area contributed by atoms with Crippen LogP contribution >= 0.6 is 0 Å². The van der Waals surface area contributed by atoms with E-state index >= 15 is 0 Å². The number of rotatable bonds is 7. The summed E-state index contributed by atoms with van der Waals surface area (Å²) >= 11 is 0. The molecular weight excluding hydrogens is 219 g/mol. The first-order valence-electron chi connectivity index (χ1n) is 5.27. The van der Waals surface area contributed by atoms with Crippen molar-refractivity contribution in [3.8, 4) is 6.07 Å². The molecule has 3 nitrogen and oxygen atoms in total. The molecule has 0 aromatic rings. The zero-order valence-corrected chi connectivity index (χ0v) is 9.64. The maximum atomic E-state index is 11.9. The highest BCUT2D eigenvalue weighted by Gasteiger charge is 2.27. The van der Waals surface area contributed by atoms with Gasteiger partial charge in [-0.2, -0.15) is 18.4 Å². The zero-order chi connectivity index (χ0) is 12.6. The van der Waals surface area contributed by atoms with Gasteiger partial charge in [-0.25, -0.2) is 0 Å². The number of nitrogens with zero attached hydrogens (tertiary/aromatic N) is 2. The number of nitriles is 1. The first-order chi connectivity index (χ1) is 7.39. The normalized spacial score (nSPS) is 13.8. The first kappa shape index (κ1) is 15.2. The summed E-state index contributed by atoms with van der Waals surface area (Å²) < 4.78 is 35.8. The van der Waals surface area contributed by atoms with E-state index in [9.17, 15) is 13.2 Å². The molecule has 16 heavy (non-hydrogen) atoms. The minimum absolute atomic E-state index is 0.0739. The third-order valence-electron chi connectivity index (χ3n) is 2.07. The minimum Gasteiger partial charge on any atom is -0.303 e. The molecule has 0 radical (unpaired) electrons. The standard InChI is InChI=1S/C10H18F3N3/c1-3-5-15-9(7-14)8-16(2)6-4-10(11,12)13/h9,15H,3-6,8H2,1-2H3. The Balaban J connectivity index is 3.83. The van der Waals surface area contributed by atoms with E-state index in [-0.39, 0.29) is 6.54 Å². The molecule has 0 aliphatic carbocycles. The van der Waals surface area contributed by atoms with Gasteiger partial charge in [0.05, 0.1) is 12.5 Å². The molecule has 1 unspecified atom stereocenters. The van der Waals surface area contributed by atoms with Crippen molar-refractivity contribution in [2.75, 3.05) is 26.7 Å². The monoisotopic (exact) mass is 237 g/mol. The number of halogens is 3. The lowest BCUT2D eigenvalue weighted by Gasteiger charge is -2.21. The van der Waals surface area contributed by atoms with Crippen LogP contribution in [0, 0.1) is 11.3 Å². The summed E-state index contributed by atoms with van der Waals surface area (Å²) in [6.07, 6.45) is -4.08. The highest BCUT2D eigenvalue weighted by molar-refractivity contribution is 4.91. The summed E-state index contributed by atoms with van der Waals surface area (Å²) in [4.78, 5) is 1.52. The summed E-state index contributed by atoms with van der Waals surface area (Å²) in [5.74, 6) is 0. The molecule has 6 heteroatoms. The fraction of sp³-hybridized carbons (Fsp3) is 0.900. The van der Waals surface area contributed by atoms with Gasteiger partial charge in [0.2, 0.25) is 0 Å². The Kier molecular flexibility index (Phi) is 7.10. The molecule has 0 fully saturated rings. The number of hydrogen-bond donors (Lipinski definition) is 1. The van der Waals surface area contributed by atoms with Crippen molar-refractivity contribution >= 4 is 0 Å². The molecule has 1 N–H and O–H groups in total. The second-order valence-electron chi connectivity index (χ2n) is 3.76. The molecule has 0 amide bonds. The highest BCUT2D eigenvalue weighted by atomic mass is 19.4.